The van der Waals surface area contributed by atoms with Crippen molar-refractivity contribution in [2.45, 2.75) is 19.8 Å². The third kappa shape index (κ3) is 2.92. The van der Waals surface area contributed by atoms with Crippen molar-refractivity contribution in [3.8, 4) is 0 Å². The van der Waals surface area contributed by atoms with Crippen molar-refractivity contribution in [1.29, 1.82) is 0 Å². The summed E-state index contributed by atoms with van der Waals surface area (Å²) in [6.45, 7) is 3.82. The molecule has 20 heavy (non-hydrogen) atoms. The Kier molecular flexibility index (Phi) is 4.61. The fourth-order valence-corrected chi connectivity index (χ4v) is 2.41. The Labute approximate surface area is 119 Å². The number of anilines is 1. The Bertz CT molecular complexity index is 514. The van der Waals surface area contributed by atoms with Gasteiger partial charge in [-0.1, -0.05) is 23.4 Å². The zero-order valence-electron chi connectivity index (χ0n) is 12.0. The normalized spacial score (nSPS) is 16.7. The van der Waals surface area contributed by atoms with E-state index in [1.54, 1.807) is 4.90 Å². The van der Waals surface area contributed by atoms with Crippen LogP contribution in [-0.4, -0.2) is 48.4 Å². The van der Waals surface area contributed by atoms with E-state index in [1.165, 1.54) is 0 Å². The minimum atomic E-state index is 0.103. The number of benzene rings is 1. The molecule has 1 aromatic carbocycles. The molecule has 0 fully saturated rings. The first-order valence-electron chi connectivity index (χ1n) is 6.96. The largest absolute Gasteiger partial charge is 0.411 e. The van der Waals surface area contributed by atoms with Gasteiger partial charge in [0.2, 0.25) is 5.91 Å². The number of nitrogens with zero attached hydrogens (tertiary/aromatic N) is 3. The predicted octanol–water partition coefficient (Wildman–Crippen LogP) is 1.94. The lowest BCUT2D eigenvalue weighted by molar-refractivity contribution is -0.128. The summed E-state index contributed by atoms with van der Waals surface area (Å²) in [7, 11) is 1.81. The van der Waals surface area contributed by atoms with E-state index >= 15 is 0 Å². The van der Waals surface area contributed by atoms with Crippen LogP contribution in [0.4, 0.5) is 5.69 Å². The van der Waals surface area contributed by atoms with Crippen molar-refractivity contribution in [2.75, 3.05) is 31.6 Å². The summed E-state index contributed by atoms with van der Waals surface area (Å²) < 4.78 is 0. The van der Waals surface area contributed by atoms with Gasteiger partial charge in [-0.25, -0.2) is 0 Å². The first-order valence-corrected chi connectivity index (χ1v) is 6.96. The molecule has 0 spiro atoms. The van der Waals surface area contributed by atoms with Gasteiger partial charge in [0.25, 0.3) is 0 Å². The average Bonchev–Trinajstić information content (AvgIpc) is 2.66. The molecular formula is C15H21N3O2. The molecule has 0 aromatic heterocycles. The fourth-order valence-electron chi connectivity index (χ4n) is 2.41. The molecule has 1 aliphatic heterocycles. The monoisotopic (exact) mass is 275 g/mol. The summed E-state index contributed by atoms with van der Waals surface area (Å²) in [6.07, 6.45) is 1.60. The van der Waals surface area contributed by atoms with E-state index < -0.39 is 0 Å². The first kappa shape index (κ1) is 14.4. The minimum Gasteiger partial charge on any atom is -0.411 e. The van der Waals surface area contributed by atoms with E-state index in [0.717, 1.165) is 30.6 Å². The van der Waals surface area contributed by atoms with Crippen molar-refractivity contribution >= 4 is 17.3 Å². The highest BCUT2D eigenvalue weighted by Crippen LogP contribution is 2.26. The minimum absolute atomic E-state index is 0.103. The Morgan fingerprint density at radius 2 is 2.20 bits per heavy atom. The molecule has 1 aliphatic rings. The number of oxime groups is 1. The maximum atomic E-state index is 12.1. The standard InChI is InChI=1S/C15H21N3O2/c1-3-17(2)15(19)11-18-10-6-8-13(16-20)12-7-4-5-9-14(12)18/h4-5,7,9,20H,3,6,8,10-11H2,1-2H3/b16-13-. The summed E-state index contributed by atoms with van der Waals surface area (Å²) in [6, 6.07) is 7.79. The van der Waals surface area contributed by atoms with Gasteiger partial charge in [-0.3, -0.25) is 4.79 Å². The van der Waals surface area contributed by atoms with Crippen LogP contribution in [0.2, 0.25) is 0 Å². The molecule has 1 heterocycles. The number of carbonyl (C=O) groups excluding carboxylic acids is 1. The van der Waals surface area contributed by atoms with E-state index in [2.05, 4.69) is 10.1 Å². The number of rotatable bonds is 3. The first-order chi connectivity index (χ1) is 9.67. The highest BCUT2D eigenvalue weighted by atomic mass is 16.4. The fraction of sp³-hybridized carbons (Fsp3) is 0.467. The molecule has 1 amide bonds. The highest BCUT2D eigenvalue weighted by molar-refractivity contribution is 6.05. The van der Waals surface area contributed by atoms with Gasteiger partial charge in [0.1, 0.15) is 0 Å². The number of para-hydroxylation sites is 1. The van der Waals surface area contributed by atoms with Gasteiger partial charge in [-0.05, 0) is 25.8 Å². The molecule has 1 aromatic rings. The molecule has 1 N–H and O–H groups in total. The maximum Gasteiger partial charge on any atom is 0.241 e. The van der Waals surface area contributed by atoms with Crippen LogP contribution in [0.5, 0.6) is 0 Å². The summed E-state index contributed by atoms with van der Waals surface area (Å²) in [5.74, 6) is 0.103. The molecule has 0 atom stereocenters. The number of amides is 1. The second kappa shape index (κ2) is 6.41. The van der Waals surface area contributed by atoms with Gasteiger partial charge in [-0.2, -0.15) is 0 Å². The van der Waals surface area contributed by atoms with Gasteiger partial charge < -0.3 is 15.0 Å². The zero-order valence-corrected chi connectivity index (χ0v) is 12.0. The van der Waals surface area contributed by atoms with Crippen molar-refractivity contribution < 1.29 is 10.0 Å². The summed E-state index contributed by atoms with van der Waals surface area (Å²) >= 11 is 0. The highest BCUT2D eigenvalue weighted by Gasteiger charge is 2.22. The number of hydrogen-bond acceptors (Lipinski definition) is 4. The third-order valence-electron chi connectivity index (χ3n) is 3.74. The molecule has 0 unspecified atom stereocenters. The summed E-state index contributed by atoms with van der Waals surface area (Å²) in [5, 5.41) is 12.6. The van der Waals surface area contributed by atoms with Crippen LogP contribution >= 0.6 is 0 Å². The molecule has 0 bridgehead atoms. The lowest BCUT2D eigenvalue weighted by Gasteiger charge is -2.26. The van der Waals surface area contributed by atoms with E-state index in [1.807, 2.05) is 38.2 Å². The van der Waals surface area contributed by atoms with Crippen molar-refractivity contribution in [2.24, 2.45) is 5.16 Å². The second-order valence-corrected chi connectivity index (χ2v) is 5.00. The van der Waals surface area contributed by atoms with Crippen LogP contribution < -0.4 is 4.90 Å². The lowest BCUT2D eigenvalue weighted by Crippen LogP contribution is -2.38. The maximum absolute atomic E-state index is 12.1. The molecule has 0 aliphatic carbocycles. The Balaban J connectivity index is 2.28. The number of hydrogen-bond donors (Lipinski definition) is 1. The van der Waals surface area contributed by atoms with Crippen LogP contribution in [-0.2, 0) is 4.79 Å². The van der Waals surface area contributed by atoms with Crippen molar-refractivity contribution in [1.82, 2.24) is 4.90 Å². The molecule has 0 saturated heterocycles. The number of likely N-dealkylation sites (N-methyl/N-ethyl adjacent to an activating group) is 1. The SMILES string of the molecule is CCN(C)C(=O)CN1CCC/C(=N/O)c2ccccc21. The van der Waals surface area contributed by atoms with Gasteiger partial charge in [0.05, 0.1) is 12.3 Å². The summed E-state index contributed by atoms with van der Waals surface area (Å²) in [5.41, 5.74) is 2.58. The number of carbonyl (C=O) groups is 1. The average molecular weight is 275 g/mol. The Hall–Kier alpha value is -2.04. The zero-order chi connectivity index (χ0) is 14.5. The summed E-state index contributed by atoms with van der Waals surface area (Å²) in [4.78, 5) is 15.9. The molecule has 0 radical (unpaired) electrons. The third-order valence-corrected chi connectivity index (χ3v) is 3.74. The van der Waals surface area contributed by atoms with Gasteiger partial charge >= 0.3 is 0 Å². The van der Waals surface area contributed by atoms with Gasteiger partial charge in [-0.15, -0.1) is 0 Å². The molecular weight excluding hydrogens is 254 g/mol. The second-order valence-electron chi connectivity index (χ2n) is 5.00. The van der Waals surface area contributed by atoms with Crippen LogP contribution in [0.15, 0.2) is 29.4 Å². The van der Waals surface area contributed by atoms with Crippen molar-refractivity contribution in [3.05, 3.63) is 29.8 Å². The predicted molar refractivity (Wildman–Crippen MR) is 79.5 cm³/mol. The molecule has 0 saturated carbocycles. The lowest BCUT2D eigenvalue weighted by atomic mass is 10.1. The molecule has 5 nitrogen and oxygen atoms in total. The topological polar surface area (TPSA) is 56.1 Å². The van der Waals surface area contributed by atoms with Crippen LogP contribution in [0.3, 0.4) is 0 Å². The van der Waals surface area contributed by atoms with E-state index in [9.17, 15) is 4.79 Å². The molecule has 5 heteroatoms. The smallest absolute Gasteiger partial charge is 0.241 e. The van der Waals surface area contributed by atoms with E-state index in [0.29, 0.717) is 18.8 Å². The van der Waals surface area contributed by atoms with E-state index in [-0.39, 0.29) is 5.91 Å². The quantitative estimate of drug-likeness (QED) is 0.677. The molecule has 2 rings (SSSR count). The van der Waals surface area contributed by atoms with Crippen LogP contribution in [0, 0.1) is 0 Å². The number of fused-ring (bicyclic) bond motifs is 1. The van der Waals surface area contributed by atoms with Crippen LogP contribution in [0.1, 0.15) is 25.3 Å². The van der Waals surface area contributed by atoms with Gasteiger partial charge in [0.15, 0.2) is 0 Å². The van der Waals surface area contributed by atoms with Crippen LogP contribution in [0.25, 0.3) is 0 Å². The van der Waals surface area contributed by atoms with Crippen molar-refractivity contribution in [3.63, 3.8) is 0 Å². The Morgan fingerprint density at radius 1 is 1.45 bits per heavy atom. The molecule has 108 valence electrons. The van der Waals surface area contributed by atoms with E-state index in [4.69, 9.17) is 5.21 Å². The van der Waals surface area contributed by atoms with Gasteiger partial charge in [0, 0.05) is 31.4 Å². The Morgan fingerprint density at radius 3 is 2.90 bits per heavy atom.